The molecule has 0 bridgehead atoms. The second-order valence-corrected chi connectivity index (χ2v) is 4.04. The first kappa shape index (κ1) is 15.7. The molecule has 0 N–H and O–H groups in total. The molecule has 0 spiro atoms. The second kappa shape index (κ2) is 7.63. The Morgan fingerprint density at radius 3 is 1.92 bits per heavy atom. The first-order chi connectivity index (χ1) is 4.70. The third-order valence-corrected chi connectivity index (χ3v) is 2.83. The van der Waals surface area contributed by atoms with E-state index in [4.69, 9.17) is 0 Å². The molecule has 0 aromatic carbocycles. The van der Waals surface area contributed by atoms with Crippen molar-refractivity contribution in [3.05, 3.63) is 5.92 Å². The quantitative estimate of drug-likeness (QED) is 0.451. The molecule has 0 saturated heterocycles. The van der Waals surface area contributed by atoms with Crippen molar-refractivity contribution < 1.29 is 17.0 Å². The molecule has 1 rings (SSSR count). The van der Waals surface area contributed by atoms with Crippen LogP contribution in [0.5, 0.6) is 0 Å². The molecule has 0 aliphatic heterocycles. The summed E-state index contributed by atoms with van der Waals surface area (Å²) in [7, 11) is 0. The molecule has 0 aromatic heterocycles. The van der Waals surface area contributed by atoms with E-state index in [1.165, 1.54) is 25.7 Å². The maximum absolute atomic E-state index is 2.35. The van der Waals surface area contributed by atoms with Gasteiger partial charge in [0.15, 0.2) is 0 Å². The van der Waals surface area contributed by atoms with Crippen LogP contribution in [-0.2, 0) is 0 Å². The third-order valence-electron chi connectivity index (χ3n) is 2.83. The number of halogens is 1. The van der Waals surface area contributed by atoms with E-state index < -0.39 is 0 Å². The first-order valence-electron chi connectivity index (χ1n) is 4.51. The largest absolute Gasteiger partial charge is 2.00 e. The van der Waals surface area contributed by atoms with Gasteiger partial charge in [0.05, 0.1) is 0 Å². The average molecular weight is 243 g/mol. The van der Waals surface area contributed by atoms with Crippen molar-refractivity contribution >= 4 is 23.1 Å². The summed E-state index contributed by atoms with van der Waals surface area (Å²) < 4.78 is 0. The Bertz CT molecular complexity index is 96.0. The maximum atomic E-state index is 2.35. The predicted octanol–water partition coefficient (Wildman–Crippen LogP) is 0.0502. The SMILES string of the molecule is C[C-]1CCC(C(C)C)CC1.[Br-].[Mg+2]. The van der Waals surface area contributed by atoms with Crippen LogP contribution in [0.4, 0.5) is 0 Å². The van der Waals surface area contributed by atoms with Gasteiger partial charge in [-0.15, -0.1) is 0 Å². The Labute approximate surface area is 104 Å². The van der Waals surface area contributed by atoms with Crippen LogP contribution in [0.15, 0.2) is 0 Å². The van der Waals surface area contributed by atoms with Gasteiger partial charge in [-0.2, -0.15) is 19.8 Å². The van der Waals surface area contributed by atoms with Gasteiger partial charge in [-0.05, 0) is 11.8 Å². The molecule has 0 nitrogen and oxygen atoms in total. The fourth-order valence-corrected chi connectivity index (χ4v) is 1.80. The van der Waals surface area contributed by atoms with E-state index in [0.717, 1.165) is 11.8 Å². The Hall–Kier alpha value is 1.25. The number of hydrogen-bond donors (Lipinski definition) is 0. The van der Waals surface area contributed by atoms with Gasteiger partial charge in [0, 0.05) is 0 Å². The van der Waals surface area contributed by atoms with E-state index >= 15 is 0 Å². The summed E-state index contributed by atoms with van der Waals surface area (Å²) in [5.41, 5.74) is 0. The summed E-state index contributed by atoms with van der Waals surface area (Å²) in [4.78, 5) is 0. The summed E-state index contributed by atoms with van der Waals surface area (Å²) in [6.07, 6.45) is 5.68. The van der Waals surface area contributed by atoms with Gasteiger partial charge in [-0.1, -0.05) is 26.7 Å². The van der Waals surface area contributed by atoms with E-state index in [2.05, 4.69) is 20.8 Å². The molecule has 0 heterocycles. The van der Waals surface area contributed by atoms with E-state index in [1.54, 1.807) is 5.92 Å². The van der Waals surface area contributed by atoms with Gasteiger partial charge < -0.3 is 22.9 Å². The van der Waals surface area contributed by atoms with Crippen molar-refractivity contribution in [2.45, 2.75) is 46.5 Å². The summed E-state index contributed by atoms with van der Waals surface area (Å²) in [5.74, 6) is 3.65. The van der Waals surface area contributed by atoms with Gasteiger partial charge >= 0.3 is 23.1 Å². The fraction of sp³-hybridized carbons (Fsp3) is 0.900. The minimum atomic E-state index is 0. The van der Waals surface area contributed by atoms with Gasteiger partial charge in [0.1, 0.15) is 0 Å². The summed E-state index contributed by atoms with van der Waals surface area (Å²) >= 11 is 0. The molecule has 12 heavy (non-hydrogen) atoms. The van der Waals surface area contributed by atoms with Crippen molar-refractivity contribution in [3.8, 4) is 0 Å². The Morgan fingerprint density at radius 2 is 1.58 bits per heavy atom. The van der Waals surface area contributed by atoms with Crippen molar-refractivity contribution in [3.63, 3.8) is 0 Å². The molecule has 0 unspecified atom stereocenters. The van der Waals surface area contributed by atoms with Gasteiger partial charge in [-0.3, -0.25) is 0 Å². The Kier molecular flexibility index (Phi) is 9.99. The van der Waals surface area contributed by atoms with E-state index in [1.807, 2.05) is 0 Å². The minimum Gasteiger partial charge on any atom is -1.00 e. The number of rotatable bonds is 1. The minimum absolute atomic E-state index is 0. The van der Waals surface area contributed by atoms with Crippen molar-refractivity contribution in [1.82, 2.24) is 0 Å². The maximum Gasteiger partial charge on any atom is 2.00 e. The Morgan fingerprint density at radius 1 is 1.17 bits per heavy atom. The van der Waals surface area contributed by atoms with E-state index in [-0.39, 0.29) is 40.0 Å². The zero-order valence-electron chi connectivity index (χ0n) is 8.57. The molecule has 1 fully saturated rings. The Balaban J connectivity index is 0. The van der Waals surface area contributed by atoms with Crippen molar-refractivity contribution in [1.29, 1.82) is 0 Å². The van der Waals surface area contributed by atoms with Crippen molar-refractivity contribution in [2.75, 3.05) is 0 Å². The number of hydrogen-bond acceptors (Lipinski definition) is 0. The van der Waals surface area contributed by atoms with Gasteiger partial charge in [0.25, 0.3) is 0 Å². The fourth-order valence-electron chi connectivity index (χ4n) is 1.80. The third kappa shape index (κ3) is 5.08. The van der Waals surface area contributed by atoms with Crippen LogP contribution in [0.2, 0.25) is 0 Å². The molecule has 0 radical (unpaired) electrons. The van der Waals surface area contributed by atoms with Crippen LogP contribution in [0.3, 0.4) is 0 Å². The van der Waals surface area contributed by atoms with Gasteiger partial charge in [-0.25, -0.2) is 0 Å². The second-order valence-electron chi connectivity index (χ2n) is 4.04. The molecule has 0 atom stereocenters. The molecule has 0 aromatic rings. The molecule has 68 valence electrons. The molecule has 1 aliphatic rings. The summed E-state index contributed by atoms with van der Waals surface area (Å²) in [6, 6.07) is 0. The van der Waals surface area contributed by atoms with Gasteiger partial charge in [0.2, 0.25) is 0 Å². The monoisotopic (exact) mass is 242 g/mol. The summed E-state index contributed by atoms with van der Waals surface area (Å²) in [6.45, 7) is 7.01. The van der Waals surface area contributed by atoms with Crippen LogP contribution in [0.1, 0.15) is 46.5 Å². The van der Waals surface area contributed by atoms with Crippen LogP contribution < -0.4 is 17.0 Å². The standard InChI is InChI=1S/C10H19.BrH.Mg/c1-8(2)10-6-4-9(3)5-7-10;;/h8,10H,4-7H2,1-3H3;1H;/q-1;;+2/p-1. The summed E-state index contributed by atoms with van der Waals surface area (Å²) in [5, 5.41) is 0. The smallest absolute Gasteiger partial charge is 1.00 e. The van der Waals surface area contributed by atoms with Crippen LogP contribution in [0.25, 0.3) is 0 Å². The topological polar surface area (TPSA) is 0 Å². The molecule has 1 aliphatic carbocycles. The van der Waals surface area contributed by atoms with Crippen LogP contribution in [-0.4, -0.2) is 23.1 Å². The molecule has 2 heteroatoms. The van der Waals surface area contributed by atoms with E-state index in [0.29, 0.717) is 0 Å². The zero-order chi connectivity index (χ0) is 7.56. The van der Waals surface area contributed by atoms with Crippen LogP contribution >= 0.6 is 0 Å². The normalized spacial score (nSPS) is 20.0. The van der Waals surface area contributed by atoms with E-state index in [9.17, 15) is 0 Å². The molecular weight excluding hydrogens is 224 g/mol. The molecule has 0 amide bonds. The molecular formula is C10H19BrMg. The first-order valence-corrected chi connectivity index (χ1v) is 4.51. The molecule has 1 saturated carbocycles. The van der Waals surface area contributed by atoms with Crippen LogP contribution in [0, 0.1) is 17.8 Å². The predicted molar refractivity (Wildman–Crippen MR) is 51.5 cm³/mol. The zero-order valence-corrected chi connectivity index (χ0v) is 11.6. The van der Waals surface area contributed by atoms with Crippen molar-refractivity contribution in [2.24, 2.45) is 11.8 Å². The average Bonchev–Trinajstić information content (AvgIpc) is 1.88.